The summed E-state index contributed by atoms with van der Waals surface area (Å²) < 4.78 is 0. The van der Waals surface area contributed by atoms with E-state index in [1.165, 1.54) is 0 Å². The molecule has 0 aromatic heterocycles. The summed E-state index contributed by atoms with van der Waals surface area (Å²) in [5.74, 6) is 0. The van der Waals surface area contributed by atoms with Gasteiger partial charge < -0.3 is 15.3 Å². The fourth-order valence-corrected chi connectivity index (χ4v) is 1.42. The molecule has 0 aromatic carbocycles. The molecule has 0 saturated carbocycles. The van der Waals surface area contributed by atoms with Crippen LogP contribution in [0.4, 0.5) is 4.79 Å². The zero-order valence-corrected chi connectivity index (χ0v) is 8.12. The van der Waals surface area contributed by atoms with Crippen molar-refractivity contribution in [2.45, 2.75) is 32.3 Å². The number of aliphatic hydroxyl groups excluding tert-OH is 1. The van der Waals surface area contributed by atoms with Crippen LogP contribution in [-0.4, -0.2) is 41.8 Å². The number of aliphatic hydroxyl groups is 1. The lowest BCUT2D eigenvalue weighted by atomic mass is 10.3. The van der Waals surface area contributed by atoms with E-state index in [1.54, 1.807) is 6.92 Å². The molecule has 4 heteroatoms. The van der Waals surface area contributed by atoms with Crippen molar-refractivity contribution in [3.8, 4) is 0 Å². The van der Waals surface area contributed by atoms with Gasteiger partial charge in [-0.3, -0.25) is 0 Å². The van der Waals surface area contributed by atoms with Gasteiger partial charge in [0.15, 0.2) is 0 Å². The number of likely N-dealkylation sites (tertiary alicyclic amines) is 1. The molecule has 2 amide bonds. The first-order valence-electron chi connectivity index (χ1n) is 4.91. The van der Waals surface area contributed by atoms with Crippen molar-refractivity contribution >= 4 is 6.03 Å². The van der Waals surface area contributed by atoms with Crippen molar-refractivity contribution in [3.63, 3.8) is 0 Å². The highest BCUT2D eigenvalue weighted by molar-refractivity contribution is 5.74. The van der Waals surface area contributed by atoms with E-state index in [9.17, 15) is 4.79 Å². The van der Waals surface area contributed by atoms with E-state index in [0.29, 0.717) is 13.0 Å². The monoisotopic (exact) mass is 186 g/mol. The van der Waals surface area contributed by atoms with Crippen LogP contribution in [0.5, 0.6) is 0 Å². The fraction of sp³-hybridized carbons (Fsp3) is 0.889. The molecule has 1 aliphatic rings. The van der Waals surface area contributed by atoms with E-state index in [-0.39, 0.29) is 12.1 Å². The molecule has 1 heterocycles. The van der Waals surface area contributed by atoms with Crippen LogP contribution in [0.1, 0.15) is 26.2 Å². The molecule has 0 bridgehead atoms. The third-order valence-electron chi connectivity index (χ3n) is 2.23. The molecule has 2 N–H and O–H groups in total. The Morgan fingerprint density at radius 1 is 1.54 bits per heavy atom. The molecule has 4 nitrogen and oxygen atoms in total. The van der Waals surface area contributed by atoms with Gasteiger partial charge in [0.05, 0.1) is 6.10 Å². The van der Waals surface area contributed by atoms with Gasteiger partial charge in [0, 0.05) is 19.6 Å². The van der Waals surface area contributed by atoms with Crippen LogP contribution in [-0.2, 0) is 0 Å². The quantitative estimate of drug-likeness (QED) is 0.676. The Labute approximate surface area is 78.9 Å². The maximum Gasteiger partial charge on any atom is 0.317 e. The molecule has 0 radical (unpaired) electrons. The van der Waals surface area contributed by atoms with Gasteiger partial charge in [0.1, 0.15) is 0 Å². The molecular formula is C9H18N2O2. The highest BCUT2D eigenvalue weighted by Crippen LogP contribution is 2.06. The Morgan fingerprint density at radius 2 is 2.15 bits per heavy atom. The van der Waals surface area contributed by atoms with Crippen LogP contribution in [0.3, 0.4) is 0 Å². The van der Waals surface area contributed by atoms with E-state index < -0.39 is 0 Å². The number of nitrogens with one attached hydrogen (secondary N) is 1. The smallest absolute Gasteiger partial charge is 0.317 e. The second kappa shape index (κ2) is 5.07. The molecule has 0 spiro atoms. The molecule has 13 heavy (non-hydrogen) atoms. The molecule has 1 unspecified atom stereocenters. The third kappa shape index (κ3) is 3.63. The summed E-state index contributed by atoms with van der Waals surface area (Å²) in [6, 6.07) is 0.0122. The maximum atomic E-state index is 11.4. The molecule has 1 rings (SSSR count). The zero-order chi connectivity index (χ0) is 9.68. The summed E-state index contributed by atoms with van der Waals surface area (Å²) in [6.07, 6.45) is 2.52. The van der Waals surface area contributed by atoms with Crippen molar-refractivity contribution in [2.24, 2.45) is 0 Å². The largest absolute Gasteiger partial charge is 0.393 e. The Kier molecular flexibility index (Phi) is 4.02. The van der Waals surface area contributed by atoms with Crippen LogP contribution in [0.25, 0.3) is 0 Å². The zero-order valence-electron chi connectivity index (χ0n) is 8.12. The van der Waals surface area contributed by atoms with Gasteiger partial charge in [-0.1, -0.05) is 0 Å². The van der Waals surface area contributed by atoms with Crippen molar-refractivity contribution in [3.05, 3.63) is 0 Å². The molecule has 1 saturated heterocycles. The number of carbonyl (C=O) groups is 1. The van der Waals surface area contributed by atoms with Crippen molar-refractivity contribution in [1.82, 2.24) is 10.2 Å². The average Bonchev–Trinajstić information content (AvgIpc) is 2.55. The lowest BCUT2D eigenvalue weighted by molar-refractivity contribution is 0.179. The summed E-state index contributed by atoms with van der Waals surface area (Å²) in [4.78, 5) is 13.2. The molecule has 1 atom stereocenters. The number of rotatable bonds is 3. The second-order valence-electron chi connectivity index (χ2n) is 3.56. The van der Waals surface area contributed by atoms with Gasteiger partial charge in [-0.15, -0.1) is 0 Å². The molecule has 1 aliphatic heterocycles. The van der Waals surface area contributed by atoms with Crippen molar-refractivity contribution in [2.75, 3.05) is 19.6 Å². The SMILES string of the molecule is CC(O)CCNC(=O)N1CCCC1. The van der Waals surface area contributed by atoms with Crippen molar-refractivity contribution < 1.29 is 9.90 Å². The first-order valence-corrected chi connectivity index (χ1v) is 4.91. The van der Waals surface area contributed by atoms with Gasteiger partial charge in [-0.25, -0.2) is 4.79 Å². The standard InChI is InChI=1S/C9H18N2O2/c1-8(12)4-5-10-9(13)11-6-2-3-7-11/h8,12H,2-7H2,1H3,(H,10,13). The maximum absolute atomic E-state index is 11.4. The first-order chi connectivity index (χ1) is 6.20. The Bertz CT molecular complexity index is 165. The topological polar surface area (TPSA) is 52.6 Å². The number of urea groups is 1. The van der Waals surface area contributed by atoms with Crippen LogP contribution >= 0.6 is 0 Å². The molecule has 0 aliphatic carbocycles. The molecular weight excluding hydrogens is 168 g/mol. The van der Waals surface area contributed by atoms with E-state index in [0.717, 1.165) is 25.9 Å². The average molecular weight is 186 g/mol. The summed E-state index contributed by atoms with van der Waals surface area (Å²) in [5, 5.41) is 11.7. The number of hydrogen-bond acceptors (Lipinski definition) is 2. The Hall–Kier alpha value is -0.770. The summed E-state index contributed by atoms with van der Waals surface area (Å²) >= 11 is 0. The van der Waals surface area contributed by atoms with E-state index in [2.05, 4.69) is 5.32 Å². The lowest BCUT2D eigenvalue weighted by Crippen LogP contribution is -2.38. The number of amides is 2. The third-order valence-corrected chi connectivity index (χ3v) is 2.23. The molecule has 1 fully saturated rings. The van der Waals surface area contributed by atoms with E-state index >= 15 is 0 Å². The summed E-state index contributed by atoms with van der Waals surface area (Å²) in [7, 11) is 0. The van der Waals surface area contributed by atoms with Crippen LogP contribution < -0.4 is 5.32 Å². The number of hydrogen-bond donors (Lipinski definition) is 2. The Morgan fingerprint density at radius 3 is 2.69 bits per heavy atom. The van der Waals surface area contributed by atoms with Gasteiger partial charge >= 0.3 is 6.03 Å². The van der Waals surface area contributed by atoms with Crippen LogP contribution in [0.2, 0.25) is 0 Å². The van der Waals surface area contributed by atoms with E-state index in [1.807, 2.05) is 4.90 Å². The van der Waals surface area contributed by atoms with Gasteiger partial charge in [-0.2, -0.15) is 0 Å². The lowest BCUT2D eigenvalue weighted by Gasteiger charge is -2.16. The van der Waals surface area contributed by atoms with Gasteiger partial charge in [0.25, 0.3) is 0 Å². The Balaban J connectivity index is 2.10. The highest BCUT2D eigenvalue weighted by atomic mass is 16.3. The predicted octanol–water partition coefficient (Wildman–Crippen LogP) is 0.563. The van der Waals surface area contributed by atoms with Gasteiger partial charge in [-0.05, 0) is 26.2 Å². The molecule has 0 aromatic rings. The van der Waals surface area contributed by atoms with Crippen molar-refractivity contribution in [1.29, 1.82) is 0 Å². The fourth-order valence-electron chi connectivity index (χ4n) is 1.42. The minimum Gasteiger partial charge on any atom is -0.393 e. The number of carbonyl (C=O) groups excluding carboxylic acids is 1. The number of nitrogens with zero attached hydrogens (tertiary/aromatic N) is 1. The highest BCUT2D eigenvalue weighted by Gasteiger charge is 2.16. The minimum atomic E-state index is -0.334. The van der Waals surface area contributed by atoms with Gasteiger partial charge in [0.2, 0.25) is 0 Å². The molecule has 76 valence electrons. The summed E-state index contributed by atoms with van der Waals surface area (Å²) in [6.45, 7) is 4.04. The second-order valence-corrected chi connectivity index (χ2v) is 3.56. The van der Waals surface area contributed by atoms with E-state index in [4.69, 9.17) is 5.11 Å². The van der Waals surface area contributed by atoms with Crippen LogP contribution in [0, 0.1) is 0 Å². The first kappa shape index (κ1) is 10.3. The predicted molar refractivity (Wildman–Crippen MR) is 50.5 cm³/mol. The van der Waals surface area contributed by atoms with Crippen LogP contribution in [0.15, 0.2) is 0 Å². The normalized spacial score (nSPS) is 18.8. The minimum absolute atomic E-state index is 0.0122. The summed E-state index contributed by atoms with van der Waals surface area (Å²) in [5.41, 5.74) is 0.